The standard InChI is InChI=1S/C17H23ClN2/c1-12(2)14-4-3-5-15(8-7-14)20-17-9-6-13(11-19)10-16(17)18/h6,9-10,12,14-15,20H,3-5,7-8H2,1-2H3. The van der Waals surface area contributed by atoms with Gasteiger partial charge in [-0.15, -0.1) is 0 Å². The molecule has 20 heavy (non-hydrogen) atoms. The number of hydrogen-bond acceptors (Lipinski definition) is 2. The summed E-state index contributed by atoms with van der Waals surface area (Å²) in [6.45, 7) is 4.66. The molecule has 0 bridgehead atoms. The summed E-state index contributed by atoms with van der Waals surface area (Å²) in [4.78, 5) is 0. The van der Waals surface area contributed by atoms with E-state index in [4.69, 9.17) is 16.9 Å². The summed E-state index contributed by atoms with van der Waals surface area (Å²) in [7, 11) is 0. The van der Waals surface area contributed by atoms with Crippen molar-refractivity contribution in [3.63, 3.8) is 0 Å². The Morgan fingerprint density at radius 1 is 1.25 bits per heavy atom. The van der Waals surface area contributed by atoms with Crippen LogP contribution in [0.5, 0.6) is 0 Å². The molecule has 1 fully saturated rings. The molecule has 0 radical (unpaired) electrons. The number of benzene rings is 1. The van der Waals surface area contributed by atoms with Crippen molar-refractivity contribution in [1.82, 2.24) is 0 Å². The van der Waals surface area contributed by atoms with Gasteiger partial charge in [0.25, 0.3) is 0 Å². The Bertz CT molecular complexity index is 490. The molecule has 3 heteroatoms. The molecule has 1 aliphatic carbocycles. The molecule has 2 unspecified atom stereocenters. The van der Waals surface area contributed by atoms with Crippen LogP contribution in [-0.4, -0.2) is 6.04 Å². The molecule has 0 spiro atoms. The van der Waals surface area contributed by atoms with Crippen LogP contribution in [-0.2, 0) is 0 Å². The Morgan fingerprint density at radius 2 is 2.05 bits per heavy atom. The van der Waals surface area contributed by atoms with Gasteiger partial charge in [-0.25, -0.2) is 0 Å². The lowest BCUT2D eigenvalue weighted by Crippen LogP contribution is -2.19. The summed E-state index contributed by atoms with van der Waals surface area (Å²) in [5.74, 6) is 1.64. The van der Waals surface area contributed by atoms with E-state index in [1.54, 1.807) is 6.07 Å². The van der Waals surface area contributed by atoms with E-state index in [-0.39, 0.29) is 0 Å². The highest BCUT2D eigenvalue weighted by molar-refractivity contribution is 6.33. The zero-order valence-corrected chi connectivity index (χ0v) is 13.1. The van der Waals surface area contributed by atoms with Crippen LogP contribution in [0.3, 0.4) is 0 Å². The molecule has 2 rings (SSSR count). The van der Waals surface area contributed by atoms with E-state index in [1.165, 1.54) is 32.1 Å². The third-order valence-electron chi connectivity index (χ3n) is 4.41. The van der Waals surface area contributed by atoms with Gasteiger partial charge in [0.15, 0.2) is 0 Å². The Kier molecular flexibility index (Phi) is 5.31. The maximum Gasteiger partial charge on any atom is 0.0992 e. The zero-order chi connectivity index (χ0) is 14.5. The Balaban J connectivity index is 1.98. The number of halogens is 1. The predicted octanol–water partition coefficient (Wildman–Crippen LogP) is 5.23. The topological polar surface area (TPSA) is 35.8 Å². The van der Waals surface area contributed by atoms with Crippen LogP contribution in [0.15, 0.2) is 18.2 Å². The van der Waals surface area contributed by atoms with Crippen LogP contribution in [0.2, 0.25) is 5.02 Å². The minimum absolute atomic E-state index is 0.504. The number of hydrogen-bond donors (Lipinski definition) is 1. The van der Waals surface area contributed by atoms with Crippen LogP contribution in [0.4, 0.5) is 5.69 Å². The maximum absolute atomic E-state index is 8.86. The molecule has 0 amide bonds. The Hall–Kier alpha value is -1.20. The quantitative estimate of drug-likeness (QED) is 0.774. The summed E-state index contributed by atoms with van der Waals surface area (Å²) in [6.07, 6.45) is 6.34. The summed E-state index contributed by atoms with van der Waals surface area (Å²) in [5, 5.41) is 13.1. The maximum atomic E-state index is 8.86. The molecule has 0 saturated heterocycles. The van der Waals surface area contributed by atoms with Crippen molar-refractivity contribution < 1.29 is 0 Å². The summed E-state index contributed by atoms with van der Waals surface area (Å²) < 4.78 is 0. The van der Waals surface area contributed by atoms with Crippen molar-refractivity contribution in [3.05, 3.63) is 28.8 Å². The summed E-state index contributed by atoms with van der Waals surface area (Å²) >= 11 is 6.23. The van der Waals surface area contributed by atoms with Crippen LogP contribution < -0.4 is 5.32 Å². The molecule has 2 nitrogen and oxygen atoms in total. The van der Waals surface area contributed by atoms with Crippen molar-refractivity contribution >= 4 is 17.3 Å². The van der Waals surface area contributed by atoms with E-state index in [0.717, 1.165) is 17.5 Å². The van der Waals surface area contributed by atoms with Crippen LogP contribution >= 0.6 is 11.6 Å². The minimum atomic E-state index is 0.504. The van der Waals surface area contributed by atoms with E-state index in [2.05, 4.69) is 25.2 Å². The summed E-state index contributed by atoms with van der Waals surface area (Å²) in [5.41, 5.74) is 1.57. The van der Waals surface area contributed by atoms with Crippen LogP contribution in [0.1, 0.15) is 51.5 Å². The van der Waals surface area contributed by atoms with Gasteiger partial charge in [-0.3, -0.25) is 0 Å². The molecule has 1 aliphatic rings. The number of anilines is 1. The van der Waals surface area contributed by atoms with Crippen molar-refractivity contribution in [2.75, 3.05) is 5.32 Å². The van der Waals surface area contributed by atoms with E-state index >= 15 is 0 Å². The second kappa shape index (κ2) is 6.99. The molecular weight excluding hydrogens is 268 g/mol. The smallest absolute Gasteiger partial charge is 0.0992 e. The predicted molar refractivity (Wildman–Crippen MR) is 85.0 cm³/mol. The Labute approximate surface area is 127 Å². The first-order valence-electron chi connectivity index (χ1n) is 7.56. The van der Waals surface area contributed by atoms with Crippen molar-refractivity contribution in [3.8, 4) is 6.07 Å². The van der Waals surface area contributed by atoms with Gasteiger partial charge in [0.05, 0.1) is 22.3 Å². The number of nitriles is 1. The van der Waals surface area contributed by atoms with Gasteiger partial charge in [0, 0.05) is 6.04 Å². The van der Waals surface area contributed by atoms with Gasteiger partial charge in [0.1, 0.15) is 0 Å². The Morgan fingerprint density at radius 3 is 2.70 bits per heavy atom. The van der Waals surface area contributed by atoms with Crippen molar-refractivity contribution in [2.45, 2.75) is 52.0 Å². The van der Waals surface area contributed by atoms with Gasteiger partial charge in [-0.05, 0) is 49.3 Å². The third-order valence-corrected chi connectivity index (χ3v) is 4.73. The summed E-state index contributed by atoms with van der Waals surface area (Å²) in [6, 6.07) is 8.10. The molecule has 1 aromatic carbocycles. The molecule has 1 N–H and O–H groups in total. The number of rotatable bonds is 3. The van der Waals surface area contributed by atoms with Gasteiger partial charge in [-0.2, -0.15) is 5.26 Å². The third kappa shape index (κ3) is 3.90. The molecule has 1 aromatic rings. The van der Waals surface area contributed by atoms with E-state index < -0.39 is 0 Å². The van der Waals surface area contributed by atoms with Crippen molar-refractivity contribution in [2.24, 2.45) is 11.8 Å². The van der Waals surface area contributed by atoms with E-state index in [0.29, 0.717) is 16.6 Å². The molecule has 1 saturated carbocycles. The van der Waals surface area contributed by atoms with E-state index in [9.17, 15) is 0 Å². The lowest BCUT2D eigenvalue weighted by atomic mass is 9.89. The molecule has 108 valence electrons. The van der Waals surface area contributed by atoms with Crippen LogP contribution in [0.25, 0.3) is 0 Å². The molecular formula is C17H23ClN2. The van der Waals surface area contributed by atoms with E-state index in [1.807, 2.05) is 12.1 Å². The minimum Gasteiger partial charge on any atom is -0.381 e. The lowest BCUT2D eigenvalue weighted by molar-refractivity contribution is 0.341. The fourth-order valence-corrected chi connectivity index (χ4v) is 3.30. The van der Waals surface area contributed by atoms with Crippen LogP contribution in [0, 0.1) is 23.2 Å². The average Bonchev–Trinajstić information content (AvgIpc) is 2.66. The van der Waals surface area contributed by atoms with Crippen molar-refractivity contribution in [1.29, 1.82) is 5.26 Å². The molecule has 0 heterocycles. The molecule has 0 aromatic heterocycles. The molecule has 2 atom stereocenters. The molecule has 0 aliphatic heterocycles. The first-order chi connectivity index (χ1) is 9.60. The fourth-order valence-electron chi connectivity index (χ4n) is 3.06. The zero-order valence-electron chi connectivity index (χ0n) is 12.3. The first kappa shape index (κ1) is 15.2. The highest BCUT2D eigenvalue weighted by Crippen LogP contribution is 2.31. The van der Waals surface area contributed by atoms with Gasteiger partial charge < -0.3 is 5.32 Å². The largest absolute Gasteiger partial charge is 0.381 e. The average molecular weight is 291 g/mol. The normalized spacial score (nSPS) is 23.1. The lowest BCUT2D eigenvalue weighted by Gasteiger charge is -2.20. The second-order valence-corrected chi connectivity index (χ2v) is 6.57. The SMILES string of the molecule is CC(C)C1CCCC(Nc2ccc(C#N)cc2Cl)CC1. The van der Waals surface area contributed by atoms with Gasteiger partial charge in [0.2, 0.25) is 0 Å². The first-order valence-corrected chi connectivity index (χ1v) is 7.94. The second-order valence-electron chi connectivity index (χ2n) is 6.16. The monoisotopic (exact) mass is 290 g/mol. The van der Waals surface area contributed by atoms with Gasteiger partial charge in [-0.1, -0.05) is 38.3 Å². The fraction of sp³-hybridized carbons (Fsp3) is 0.588. The highest BCUT2D eigenvalue weighted by atomic mass is 35.5. The highest BCUT2D eigenvalue weighted by Gasteiger charge is 2.21. The number of nitrogens with one attached hydrogen (secondary N) is 1. The number of nitrogens with zero attached hydrogens (tertiary/aromatic N) is 1. The van der Waals surface area contributed by atoms with Gasteiger partial charge >= 0.3 is 0 Å².